The Morgan fingerprint density at radius 3 is 2.55 bits per heavy atom. The van der Waals surface area contributed by atoms with Gasteiger partial charge in [0.05, 0.1) is 0 Å². The van der Waals surface area contributed by atoms with Crippen LogP contribution in [0.2, 0.25) is 0 Å². The lowest BCUT2D eigenvalue weighted by Gasteiger charge is -2.43. The third kappa shape index (κ3) is 4.19. The van der Waals surface area contributed by atoms with Crippen LogP contribution in [0.25, 0.3) is 0 Å². The van der Waals surface area contributed by atoms with E-state index in [9.17, 15) is 0 Å². The zero-order valence-electron chi connectivity index (χ0n) is 13.7. The van der Waals surface area contributed by atoms with Crippen molar-refractivity contribution < 1.29 is 0 Å². The maximum Gasteiger partial charge on any atom is 0.0344 e. The Bertz CT molecular complexity index is 277. The van der Waals surface area contributed by atoms with Crippen molar-refractivity contribution in [2.75, 3.05) is 39.3 Å². The van der Waals surface area contributed by atoms with Gasteiger partial charge in [0.2, 0.25) is 0 Å². The lowest BCUT2D eigenvalue weighted by Crippen LogP contribution is -2.55. The predicted octanol–water partition coefficient (Wildman–Crippen LogP) is 2.70. The molecule has 2 fully saturated rings. The third-order valence-corrected chi connectivity index (χ3v) is 5.27. The smallest absolute Gasteiger partial charge is 0.0344 e. The SMILES string of the molecule is CCCN1CCCC(CN)(N(CCC)CC2CC2)CC1. The van der Waals surface area contributed by atoms with Crippen LogP contribution in [-0.2, 0) is 0 Å². The number of nitrogens with zero attached hydrogens (tertiary/aromatic N) is 2. The first-order valence-electron chi connectivity index (χ1n) is 8.91. The van der Waals surface area contributed by atoms with Gasteiger partial charge in [0, 0.05) is 18.6 Å². The molecule has 1 atom stereocenters. The average molecular weight is 281 g/mol. The summed E-state index contributed by atoms with van der Waals surface area (Å²) in [6.07, 6.45) is 9.32. The van der Waals surface area contributed by atoms with Crippen molar-refractivity contribution in [3.05, 3.63) is 0 Å². The van der Waals surface area contributed by atoms with E-state index in [4.69, 9.17) is 5.73 Å². The summed E-state index contributed by atoms with van der Waals surface area (Å²) in [5.74, 6) is 0.972. The summed E-state index contributed by atoms with van der Waals surface area (Å²) in [6.45, 7) is 11.8. The lowest BCUT2D eigenvalue weighted by molar-refractivity contribution is 0.0725. The third-order valence-electron chi connectivity index (χ3n) is 5.27. The molecule has 0 aromatic rings. The maximum atomic E-state index is 6.29. The molecule has 0 bridgehead atoms. The van der Waals surface area contributed by atoms with E-state index in [2.05, 4.69) is 23.6 Å². The van der Waals surface area contributed by atoms with E-state index in [-0.39, 0.29) is 0 Å². The molecule has 1 saturated heterocycles. The topological polar surface area (TPSA) is 32.5 Å². The van der Waals surface area contributed by atoms with Crippen molar-refractivity contribution in [1.29, 1.82) is 0 Å². The van der Waals surface area contributed by atoms with Gasteiger partial charge in [-0.1, -0.05) is 13.8 Å². The minimum absolute atomic E-state index is 0.293. The molecule has 20 heavy (non-hydrogen) atoms. The fourth-order valence-electron chi connectivity index (χ4n) is 3.83. The van der Waals surface area contributed by atoms with Crippen molar-refractivity contribution in [3.63, 3.8) is 0 Å². The van der Waals surface area contributed by atoms with Gasteiger partial charge in [-0.25, -0.2) is 0 Å². The summed E-state index contributed by atoms with van der Waals surface area (Å²) in [4.78, 5) is 5.43. The maximum absolute atomic E-state index is 6.29. The fourth-order valence-corrected chi connectivity index (χ4v) is 3.83. The van der Waals surface area contributed by atoms with E-state index in [1.807, 2.05) is 0 Å². The summed E-state index contributed by atoms with van der Waals surface area (Å²) in [5, 5.41) is 0. The molecule has 0 spiro atoms. The molecule has 2 rings (SSSR count). The first-order valence-corrected chi connectivity index (χ1v) is 8.91. The molecule has 1 saturated carbocycles. The van der Waals surface area contributed by atoms with Gasteiger partial charge >= 0.3 is 0 Å². The molecular formula is C17H35N3. The molecule has 0 radical (unpaired) electrons. The second-order valence-electron chi connectivity index (χ2n) is 7.01. The minimum Gasteiger partial charge on any atom is -0.329 e. The highest BCUT2D eigenvalue weighted by Gasteiger charge is 2.39. The molecule has 0 aromatic carbocycles. The molecule has 118 valence electrons. The van der Waals surface area contributed by atoms with Crippen LogP contribution in [0.4, 0.5) is 0 Å². The highest BCUT2D eigenvalue weighted by molar-refractivity contribution is 4.96. The van der Waals surface area contributed by atoms with Gasteiger partial charge < -0.3 is 10.6 Å². The van der Waals surface area contributed by atoms with Gasteiger partial charge in [-0.3, -0.25) is 4.90 Å². The van der Waals surface area contributed by atoms with E-state index in [1.54, 1.807) is 0 Å². The van der Waals surface area contributed by atoms with Gasteiger partial charge in [0.15, 0.2) is 0 Å². The Balaban J connectivity index is 2.00. The van der Waals surface area contributed by atoms with Crippen LogP contribution in [0.15, 0.2) is 0 Å². The number of nitrogens with two attached hydrogens (primary N) is 1. The van der Waals surface area contributed by atoms with Crippen LogP contribution in [0.5, 0.6) is 0 Å². The van der Waals surface area contributed by atoms with Crippen molar-refractivity contribution in [1.82, 2.24) is 9.80 Å². The number of hydrogen-bond acceptors (Lipinski definition) is 3. The van der Waals surface area contributed by atoms with Crippen LogP contribution in [0, 0.1) is 5.92 Å². The highest BCUT2D eigenvalue weighted by atomic mass is 15.2. The van der Waals surface area contributed by atoms with Crippen LogP contribution in [-0.4, -0.2) is 54.6 Å². The first-order chi connectivity index (χ1) is 9.74. The van der Waals surface area contributed by atoms with Gasteiger partial charge in [0.25, 0.3) is 0 Å². The van der Waals surface area contributed by atoms with Crippen LogP contribution in [0.3, 0.4) is 0 Å². The van der Waals surface area contributed by atoms with Crippen LogP contribution in [0.1, 0.15) is 58.8 Å². The predicted molar refractivity (Wildman–Crippen MR) is 87.0 cm³/mol. The van der Waals surface area contributed by atoms with E-state index in [0.717, 1.165) is 12.5 Å². The lowest BCUT2D eigenvalue weighted by atomic mass is 9.87. The molecule has 1 heterocycles. The van der Waals surface area contributed by atoms with E-state index in [0.29, 0.717) is 5.54 Å². The molecule has 1 unspecified atom stereocenters. The second kappa shape index (κ2) is 7.77. The van der Waals surface area contributed by atoms with Crippen molar-refractivity contribution in [3.8, 4) is 0 Å². The van der Waals surface area contributed by atoms with E-state index >= 15 is 0 Å². The number of hydrogen-bond donors (Lipinski definition) is 1. The number of rotatable bonds is 8. The average Bonchev–Trinajstić information content (AvgIpc) is 3.26. The van der Waals surface area contributed by atoms with Gasteiger partial charge in [-0.05, 0) is 77.0 Å². The molecule has 2 aliphatic rings. The monoisotopic (exact) mass is 281 g/mol. The summed E-state index contributed by atoms with van der Waals surface area (Å²) < 4.78 is 0. The van der Waals surface area contributed by atoms with Crippen molar-refractivity contribution in [2.45, 2.75) is 64.3 Å². The molecule has 2 N–H and O–H groups in total. The van der Waals surface area contributed by atoms with Crippen molar-refractivity contribution >= 4 is 0 Å². The first kappa shape index (κ1) is 16.3. The summed E-state index contributed by atoms with van der Waals surface area (Å²) in [6, 6.07) is 0. The summed E-state index contributed by atoms with van der Waals surface area (Å²) >= 11 is 0. The summed E-state index contributed by atoms with van der Waals surface area (Å²) in [7, 11) is 0. The number of likely N-dealkylation sites (tertiary alicyclic amines) is 1. The molecule has 3 heteroatoms. The molecular weight excluding hydrogens is 246 g/mol. The Morgan fingerprint density at radius 1 is 1.15 bits per heavy atom. The van der Waals surface area contributed by atoms with Crippen LogP contribution >= 0.6 is 0 Å². The molecule has 0 aromatic heterocycles. The normalized spacial score (nSPS) is 28.8. The van der Waals surface area contributed by atoms with E-state index in [1.165, 1.54) is 77.7 Å². The zero-order chi connectivity index (χ0) is 14.4. The zero-order valence-corrected chi connectivity index (χ0v) is 13.7. The van der Waals surface area contributed by atoms with E-state index < -0.39 is 0 Å². The Labute approximate surface area is 125 Å². The van der Waals surface area contributed by atoms with Gasteiger partial charge in [-0.15, -0.1) is 0 Å². The highest BCUT2D eigenvalue weighted by Crippen LogP contribution is 2.35. The quantitative estimate of drug-likeness (QED) is 0.742. The van der Waals surface area contributed by atoms with Gasteiger partial charge in [0.1, 0.15) is 0 Å². The molecule has 1 aliphatic carbocycles. The Morgan fingerprint density at radius 2 is 1.95 bits per heavy atom. The van der Waals surface area contributed by atoms with Gasteiger partial charge in [-0.2, -0.15) is 0 Å². The van der Waals surface area contributed by atoms with Crippen LogP contribution < -0.4 is 5.73 Å². The molecule has 3 nitrogen and oxygen atoms in total. The molecule has 0 amide bonds. The summed E-state index contributed by atoms with van der Waals surface area (Å²) in [5.41, 5.74) is 6.59. The Kier molecular flexibility index (Phi) is 6.31. The standard InChI is InChI=1S/C17H35N3/c1-3-10-19-12-5-8-17(15-18,9-13-19)20(11-4-2)14-16-6-7-16/h16H,3-15,18H2,1-2H3. The fraction of sp³-hybridized carbons (Fsp3) is 1.00. The molecule has 1 aliphatic heterocycles. The second-order valence-corrected chi connectivity index (χ2v) is 7.01. The largest absolute Gasteiger partial charge is 0.329 e. The Hall–Kier alpha value is -0.120. The van der Waals surface area contributed by atoms with Crippen molar-refractivity contribution in [2.24, 2.45) is 11.7 Å². The minimum atomic E-state index is 0.293.